The molecule has 0 atom stereocenters. The predicted molar refractivity (Wildman–Crippen MR) is 75.4 cm³/mol. The molecule has 1 N–H and O–H groups in total. The summed E-state index contributed by atoms with van der Waals surface area (Å²) in [6.07, 6.45) is 0. The molecule has 21 heavy (non-hydrogen) atoms. The quantitative estimate of drug-likeness (QED) is 0.639. The van der Waals surface area contributed by atoms with Crippen LogP contribution in [0, 0.1) is 17.6 Å². The Balaban J connectivity index is 2.10. The molecule has 1 aromatic heterocycles. The summed E-state index contributed by atoms with van der Waals surface area (Å²) in [5.41, 5.74) is 0.794. The van der Waals surface area contributed by atoms with Crippen LogP contribution in [0.1, 0.15) is 0 Å². The van der Waals surface area contributed by atoms with E-state index in [1.165, 1.54) is 6.07 Å². The second kappa shape index (κ2) is 5.28. The van der Waals surface area contributed by atoms with Crippen LogP contribution >= 0.6 is 23.2 Å². The molecule has 0 saturated carbocycles. The Labute approximate surface area is 129 Å². The zero-order chi connectivity index (χ0) is 15.1. The second-order valence-corrected chi connectivity index (χ2v) is 5.24. The van der Waals surface area contributed by atoms with Gasteiger partial charge in [-0.25, -0.2) is 8.78 Å². The highest BCUT2D eigenvalue weighted by molar-refractivity contribution is 7.58. The van der Waals surface area contributed by atoms with Crippen LogP contribution in [-0.2, 0) is 11.4 Å². The Morgan fingerprint density at radius 2 is 1.67 bits per heavy atom. The smallest absolute Gasteiger partial charge is 0.251 e. The van der Waals surface area contributed by atoms with E-state index < -0.39 is 23.4 Å². The molecule has 1 aliphatic rings. The first kappa shape index (κ1) is 14.3. The van der Waals surface area contributed by atoms with Crippen LogP contribution in [-0.4, -0.2) is 4.98 Å². The van der Waals surface area contributed by atoms with Crippen molar-refractivity contribution in [1.82, 2.24) is 4.98 Å². The highest BCUT2D eigenvalue weighted by atomic mass is 35.5. The Morgan fingerprint density at radius 1 is 0.952 bits per heavy atom. The number of hydrogen-bond donors (Lipinski definition) is 1. The van der Waals surface area contributed by atoms with Crippen LogP contribution < -0.4 is 5.32 Å². The van der Waals surface area contributed by atoms with E-state index >= 15 is 0 Å². The standard InChI is InChI=1S/C11H3Cl2F3N4S/c12-3-1-4(13)8-9(20-21-19-8)7(3)17-11-6(15)2-5(14)10(16)18-11/h1-2H,(H,17,18). The molecule has 2 aromatic rings. The van der Waals surface area contributed by atoms with Crippen molar-refractivity contribution in [2.45, 2.75) is 0 Å². The van der Waals surface area contributed by atoms with Gasteiger partial charge in [0.1, 0.15) is 11.4 Å². The van der Waals surface area contributed by atoms with Gasteiger partial charge in [-0.15, -0.1) is 0 Å². The van der Waals surface area contributed by atoms with Crippen molar-refractivity contribution < 1.29 is 13.2 Å². The molecule has 3 rings (SSSR count). The maximum absolute atomic E-state index is 13.6. The molecule has 108 valence electrons. The average molecular weight is 351 g/mol. The molecule has 4 nitrogen and oxygen atoms in total. The van der Waals surface area contributed by atoms with Crippen molar-refractivity contribution in [3.63, 3.8) is 0 Å². The number of nitrogens with one attached hydrogen (secondary N) is 1. The number of aromatic nitrogens is 1. The maximum atomic E-state index is 13.6. The topological polar surface area (TPSA) is 49.6 Å². The van der Waals surface area contributed by atoms with E-state index in [0.29, 0.717) is 11.8 Å². The summed E-state index contributed by atoms with van der Waals surface area (Å²) < 4.78 is 47.5. The van der Waals surface area contributed by atoms with E-state index in [9.17, 15) is 13.2 Å². The SMILES string of the molecule is Fc1cc(F)c(Nc2c(Cl)cc(Cl)c3c2N=S=N3)nc1F. The number of halogens is 5. The van der Waals surface area contributed by atoms with E-state index in [2.05, 4.69) is 19.0 Å². The lowest BCUT2D eigenvalue weighted by Gasteiger charge is -2.12. The lowest BCUT2D eigenvalue weighted by Crippen LogP contribution is -2.02. The monoisotopic (exact) mass is 350 g/mol. The zero-order valence-corrected chi connectivity index (χ0v) is 12.1. The average Bonchev–Trinajstić information content (AvgIpc) is 2.90. The Kier molecular flexibility index (Phi) is 3.60. The first-order chi connectivity index (χ1) is 9.97. The molecule has 0 aliphatic carbocycles. The highest BCUT2D eigenvalue weighted by Crippen LogP contribution is 2.48. The van der Waals surface area contributed by atoms with Crippen LogP contribution in [0.25, 0.3) is 0 Å². The molecule has 0 spiro atoms. The van der Waals surface area contributed by atoms with Gasteiger partial charge in [0.15, 0.2) is 17.5 Å². The van der Waals surface area contributed by atoms with Gasteiger partial charge in [-0.1, -0.05) is 23.2 Å². The first-order valence-electron chi connectivity index (χ1n) is 5.36. The first-order valence-corrected chi connectivity index (χ1v) is 6.85. The van der Waals surface area contributed by atoms with Gasteiger partial charge in [0, 0.05) is 6.07 Å². The van der Waals surface area contributed by atoms with Gasteiger partial charge < -0.3 is 5.32 Å². The number of nitrogens with zero attached hydrogens (tertiary/aromatic N) is 3. The third-order valence-electron chi connectivity index (χ3n) is 2.57. The Hall–Kier alpha value is -1.64. The van der Waals surface area contributed by atoms with Gasteiger partial charge in [0.05, 0.1) is 27.1 Å². The number of rotatable bonds is 2. The molecular weight excluding hydrogens is 348 g/mol. The fourth-order valence-electron chi connectivity index (χ4n) is 1.64. The summed E-state index contributed by atoms with van der Waals surface area (Å²) in [4.78, 5) is 3.16. The number of anilines is 2. The normalized spacial score (nSPS) is 12.2. The van der Waals surface area contributed by atoms with Crippen molar-refractivity contribution in [1.29, 1.82) is 0 Å². The van der Waals surface area contributed by atoms with Crippen molar-refractivity contribution in [3.8, 4) is 0 Å². The molecule has 10 heteroatoms. The van der Waals surface area contributed by atoms with E-state index in [-0.39, 0.29) is 21.4 Å². The number of hydrogen-bond acceptors (Lipinski definition) is 4. The predicted octanol–water partition coefficient (Wildman–Crippen LogP) is 5.28. The lowest BCUT2D eigenvalue weighted by molar-refractivity contribution is 0.467. The second-order valence-electron chi connectivity index (χ2n) is 3.89. The van der Waals surface area contributed by atoms with Crippen molar-refractivity contribution in [2.24, 2.45) is 8.73 Å². The van der Waals surface area contributed by atoms with Gasteiger partial charge in [-0.2, -0.15) is 18.1 Å². The minimum absolute atomic E-state index is 0.117. The molecular formula is C11H3Cl2F3N4S. The van der Waals surface area contributed by atoms with Gasteiger partial charge >= 0.3 is 0 Å². The molecule has 0 unspecified atom stereocenters. The van der Waals surface area contributed by atoms with Crippen molar-refractivity contribution in [2.75, 3.05) is 5.32 Å². The van der Waals surface area contributed by atoms with Crippen LogP contribution in [0.2, 0.25) is 10.0 Å². The summed E-state index contributed by atoms with van der Waals surface area (Å²) in [7, 11) is 0. The molecule has 2 heterocycles. The van der Waals surface area contributed by atoms with E-state index in [1.807, 2.05) is 0 Å². The van der Waals surface area contributed by atoms with Gasteiger partial charge in [0.25, 0.3) is 5.95 Å². The van der Waals surface area contributed by atoms with Crippen LogP contribution in [0.15, 0.2) is 20.9 Å². The zero-order valence-electron chi connectivity index (χ0n) is 9.79. The maximum Gasteiger partial charge on any atom is 0.251 e. The Morgan fingerprint density at radius 3 is 2.43 bits per heavy atom. The minimum Gasteiger partial charge on any atom is -0.335 e. The van der Waals surface area contributed by atoms with Crippen molar-refractivity contribution >= 4 is 57.4 Å². The third kappa shape index (κ3) is 2.50. The van der Waals surface area contributed by atoms with E-state index in [1.54, 1.807) is 0 Å². The molecule has 0 amide bonds. The summed E-state index contributed by atoms with van der Waals surface area (Å²) in [5, 5.41) is 2.87. The van der Waals surface area contributed by atoms with Gasteiger partial charge in [-0.05, 0) is 6.07 Å². The molecule has 0 saturated heterocycles. The molecule has 0 radical (unpaired) electrons. The minimum atomic E-state index is -1.43. The number of benzene rings is 1. The largest absolute Gasteiger partial charge is 0.335 e. The van der Waals surface area contributed by atoms with E-state index in [4.69, 9.17) is 23.2 Å². The molecule has 0 fully saturated rings. The summed E-state index contributed by atoms with van der Waals surface area (Å²) in [6, 6.07) is 1.76. The highest BCUT2D eigenvalue weighted by Gasteiger charge is 2.21. The number of fused-ring (bicyclic) bond motifs is 1. The third-order valence-corrected chi connectivity index (χ3v) is 3.69. The van der Waals surface area contributed by atoms with Crippen LogP contribution in [0.4, 0.5) is 36.1 Å². The fourth-order valence-corrected chi connectivity index (χ4v) is 2.80. The molecule has 0 bridgehead atoms. The van der Waals surface area contributed by atoms with Gasteiger partial charge in [-0.3, -0.25) is 0 Å². The summed E-state index contributed by atoms with van der Waals surface area (Å²) >= 11 is 12.8. The summed E-state index contributed by atoms with van der Waals surface area (Å²) in [6.45, 7) is 0. The van der Waals surface area contributed by atoms with E-state index in [0.717, 1.165) is 11.4 Å². The van der Waals surface area contributed by atoms with Gasteiger partial charge in [0.2, 0.25) is 0 Å². The molecule has 1 aromatic carbocycles. The van der Waals surface area contributed by atoms with Crippen molar-refractivity contribution in [3.05, 3.63) is 39.8 Å². The van der Waals surface area contributed by atoms with Crippen LogP contribution in [0.3, 0.4) is 0 Å². The van der Waals surface area contributed by atoms with Crippen LogP contribution in [0.5, 0.6) is 0 Å². The lowest BCUT2D eigenvalue weighted by atomic mass is 10.2. The Bertz CT molecular complexity index is 837. The number of pyridine rings is 1. The molecule has 1 aliphatic heterocycles. The fraction of sp³-hybridized carbons (Fsp3) is 0. The summed E-state index contributed by atoms with van der Waals surface area (Å²) in [5.74, 6) is -4.42.